The summed E-state index contributed by atoms with van der Waals surface area (Å²) in [5.74, 6) is -0.140. The summed E-state index contributed by atoms with van der Waals surface area (Å²) in [5.41, 5.74) is -0.349. The maximum atomic E-state index is 12.3. The molecule has 0 radical (unpaired) electrons. The number of hydrogen-bond donors (Lipinski definition) is 0. The zero-order valence-corrected chi connectivity index (χ0v) is 11.5. The third-order valence-corrected chi connectivity index (χ3v) is 3.39. The van der Waals surface area contributed by atoms with Gasteiger partial charge in [0.15, 0.2) is 6.10 Å². The highest BCUT2D eigenvalue weighted by molar-refractivity contribution is 6.02. The van der Waals surface area contributed by atoms with E-state index < -0.39 is 17.5 Å². The summed E-state index contributed by atoms with van der Waals surface area (Å²) in [5, 5.41) is 0. The molecule has 0 bridgehead atoms. The van der Waals surface area contributed by atoms with Gasteiger partial charge in [-0.15, -0.1) is 0 Å². The van der Waals surface area contributed by atoms with Gasteiger partial charge in [-0.05, 0) is 26.0 Å². The summed E-state index contributed by atoms with van der Waals surface area (Å²) in [6.07, 6.45) is -0.889. The Hall–Kier alpha value is -2.04. The van der Waals surface area contributed by atoms with E-state index in [2.05, 4.69) is 0 Å². The molecule has 2 rings (SSSR count). The van der Waals surface area contributed by atoms with E-state index in [1.807, 2.05) is 12.1 Å². The minimum Gasteiger partial charge on any atom is -0.477 e. The average molecular weight is 263 g/mol. The van der Waals surface area contributed by atoms with E-state index in [9.17, 15) is 9.59 Å². The average Bonchev–Trinajstić information content (AvgIpc) is 2.41. The molecule has 1 aromatic carbocycles. The first kappa shape index (κ1) is 13.4. The molecule has 5 nitrogen and oxygen atoms in total. The summed E-state index contributed by atoms with van der Waals surface area (Å²) < 4.78 is 10.5. The van der Waals surface area contributed by atoms with E-state index in [1.165, 1.54) is 12.0 Å². The van der Waals surface area contributed by atoms with Gasteiger partial charge in [0.2, 0.25) is 0 Å². The van der Waals surface area contributed by atoms with E-state index in [4.69, 9.17) is 9.47 Å². The van der Waals surface area contributed by atoms with Gasteiger partial charge < -0.3 is 14.4 Å². The van der Waals surface area contributed by atoms with Crippen LogP contribution in [0.25, 0.3) is 0 Å². The molecule has 0 aromatic heterocycles. The highest BCUT2D eigenvalue weighted by Crippen LogP contribution is 2.38. The quantitative estimate of drug-likeness (QED) is 0.761. The first-order chi connectivity index (χ1) is 8.89. The van der Waals surface area contributed by atoms with Crippen LogP contribution in [0.15, 0.2) is 24.3 Å². The monoisotopic (exact) mass is 263 g/mol. The smallest absolute Gasteiger partial charge is 0.315 e. The summed E-state index contributed by atoms with van der Waals surface area (Å²) in [7, 11) is 2.97. The summed E-state index contributed by atoms with van der Waals surface area (Å²) >= 11 is 0. The third-order valence-electron chi connectivity index (χ3n) is 3.39. The van der Waals surface area contributed by atoms with E-state index >= 15 is 0 Å². The highest BCUT2D eigenvalue weighted by Gasteiger charge is 2.48. The lowest BCUT2D eigenvalue weighted by molar-refractivity contribution is -0.160. The lowest BCUT2D eigenvalue weighted by Gasteiger charge is -2.38. The standard InChI is InChI=1S/C14H17NO4/c1-14(2,13(17)18-4)11-12(16)15(3)9-7-5-6-8-10(9)19-11/h5-8,11H,1-4H3. The van der Waals surface area contributed by atoms with Crippen LogP contribution in [-0.2, 0) is 14.3 Å². The van der Waals surface area contributed by atoms with Crippen LogP contribution in [0.3, 0.4) is 0 Å². The molecule has 1 unspecified atom stereocenters. The predicted octanol–water partition coefficient (Wildman–Crippen LogP) is 1.61. The van der Waals surface area contributed by atoms with Crippen LogP contribution in [0, 0.1) is 5.41 Å². The Labute approximate surface area is 112 Å². The first-order valence-electron chi connectivity index (χ1n) is 6.01. The molecule has 0 N–H and O–H groups in total. The van der Waals surface area contributed by atoms with Crippen LogP contribution in [0.5, 0.6) is 5.75 Å². The molecule has 0 fully saturated rings. The molecule has 5 heteroatoms. The lowest BCUT2D eigenvalue weighted by atomic mass is 9.85. The Morgan fingerprint density at radius 1 is 1.37 bits per heavy atom. The number of hydrogen-bond acceptors (Lipinski definition) is 4. The Balaban J connectivity index is 2.41. The molecule has 1 amide bonds. The number of esters is 1. The van der Waals surface area contributed by atoms with Gasteiger partial charge in [-0.3, -0.25) is 9.59 Å². The number of amides is 1. The van der Waals surface area contributed by atoms with Gasteiger partial charge in [-0.2, -0.15) is 0 Å². The molecule has 0 aliphatic carbocycles. The number of para-hydroxylation sites is 2. The van der Waals surface area contributed by atoms with Crippen molar-refractivity contribution in [3.05, 3.63) is 24.3 Å². The molecule has 1 atom stereocenters. The van der Waals surface area contributed by atoms with Crippen molar-refractivity contribution >= 4 is 17.6 Å². The third kappa shape index (κ3) is 2.05. The second-order valence-corrected chi connectivity index (χ2v) is 5.08. The van der Waals surface area contributed by atoms with Gasteiger partial charge in [0.1, 0.15) is 11.2 Å². The number of fused-ring (bicyclic) bond motifs is 1. The van der Waals surface area contributed by atoms with Crippen LogP contribution >= 0.6 is 0 Å². The van der Waals surface area contributed by atoms with Crippen LogP contribution in [-0.4, -0.2) is 32.1 Å². The predicted molar refractivity (Wildman–Crippen MR) is 70.1 cm³/mol. The molecule has 0 saturated carbocycles. The molecule has 1 aromatic rings. The van der Waals surface area contributed by atoms with Crippen LogP contribution in [0.2, 0.25) is 0 Å². The Morgan fingerprint density at radius 2 is 2.00 bits per heavy atom. The first-order valence-corrected chi connectivity index (χ1v) is 6.01. The molecule has 102 valence electrons. The van der Waals surface area contributed by atoms with Crippen molar-refractivity contribution in [2.75, 3.05) is 19.1 Å². The van der Waals surface area contributed by atoms with Crippen molar-refractivity contribution in [3.63, 3.8) is 0 Å². The minimum atomic E-state index is -1.05. The van der Waals surface area contributed by atoms with Crippen molar-refractivity contribution in [3.8, 4) is 5.75 Å². The van der Waals surface area contributed by atoms with E-state index in [0.29, 0.717) is 11.4 Å². The molecule has 0 spiro atoms. The Bertz CT molecular complexity index is 524. The van der Waals surface area contributed by atoms with Crippen LogP contribution < -0.4 is 9.64 Å². The van der Waals surface area contributed by atoms with Crippen molar-refractivity contribution in [1.29, 1.82) is 0 Å². The molecule has 1 aliphatic rings. The lowest BCUT2D eigenvalue weighted by Crippen LogP contribution is -2.54. The number of benzene rings is 1. The molecule has 1 heterocycles. The summed E-state index contributed by atoms with van der Waals surface area (Å²) in [6.45, 7) is 3.28. The van der Waals surface area contributed by atoms with Gasteiger partial charge >= 0.3 is 5.97 Å². The van der Waals surface area contributed by atoms with Gasteiger partial charge in [-0.1, -0.05) is 12.1 Å². The molecule has 0 saturated heterocycles. The number of rotatable bonds is 2. The van der Waals surface area contributed by atoms with Gasteiger partial charge in [0.05, 0.1) is 12.8 Å². The highest BCUT2D eigenvalue weighted by atomic mass is 16.5. The van der Waals surface area contributed by atoms with Crippen molar-refractivity contribution in [2.45, 2.75) is 20.0 Å². The number of methoxy groups -OCH3 is 1. The maximum Gasteiger partial charge on any atom is 0.315 e. The van der Waals surface area contributed by atoms with Gasteiger partial charge in [0, 0.05) is 7.05 Å². The van der Waals surface area contributed by atoms with Crippen molar-refractivity contribution in [1.82, 2.24) is 0 Å². The Kier molecular flexibility index (Phi) is 3.22. The second-order valence-electron chi connectivity index (χ2n) is 5.08. The normalized spacial score (nSPS) is 18.6. The van der Waals surface area contributed by atoms with Crippen LogP contribution in [0.1, 0.15) is 13.8 Å². The van der Waals surface area contributed by atoms with Gasteiger partial charge in [0.25, 0.3) is 5.91 Å². The molecular formula is C14H17NO4. The molecule has 1 aliphatic heterocycles. The van der Waals surface area contributed by atoms with E-state index in [-0.39, 0.29) is 5.91 Å². The number of carbonyl (C=O) groups excluding carboxylic acids is 2. The SMILES string of the molecule is COC(=O)C(C)(C)C1Oc2ccccc2N(C)C1=O. The maximum absolute atomic E-state index is 12.3. The number of ether oxygens (including phenoxy) is 2. The fraction of sp³-hybridized carbons (Fsp3) is 0.429. The zero-order valence-electron chi connectivity index (χ0n) is 11.5. The summed E-state index contributed by atoms with van der Waals surface area (Å²) in [6, 6.07) is 7.23. The number of nitrogens with zero attached hydrogens (tertiary/aromatic N) is 1. The molecule has 19 heavy (non-hydrogen) atoms. The number of carbonyl (C=O) groups is 2. The fourth-order valence-electron chi connectivity index (χ4n) is 2.13. The number of anilines is 1. The molecular weight excluding hydrogens is 246 g/mol. The zero-order chi connectivity index (χ0) is 14.2. The van der Waals surface area contributed by atoms with E-state index in [1.54, 1.807) is 33.0 Å². The van der Waals surface area contributed by atoms with Crippen molar-refractivity contribution in [2.24, 2.45) is 5.41 Å². The second kappa shape index (κ2) is 4.57. The fourth-order valence-corrected chi connectivity index (χ4v) is 2.13. The topological polar surface area (TPSA) is 55.8 Å². The minimum absolute atomic E-state index is 0.255. The summed E-state index contributed by atoms with van der Waals surface area (Å²) in [4.78, 5) is 25.7. The number of likely N-dealkylation sites (N-methyl/N-ethyl adjacent to an activating group) is 1. The van der Waals surface area contributed by atoms with Crippen LogP contribution in [0.4, 0.5) is 5.69 Å². The Morgan fingerprint density at radius 3 is 2.63 bits per heavy atom. The van der Waals surface area contributed by atoms with Gasteiger partial charge in [-0.25, -0.2) is 0 Å². The van der Waals surface area contributed by atoms with Crippen molar-refractivity contribution < 1.29 is 19.1 Å². The van der Waals surface area contributed by atoms with E-state index in [0.717, 1.165) is 0 Å². The largest absolute Gasteiger partial charge is 0.477 e.